The van der Waals surface area contributed by atoms with Gasteiger partial charge in [0.1, 0.15) is 6.04 Å². The van der Waals surface area contributed by atoms with E-state index in [2.05, 4.69) is 36.1 Å². The molecule has 1 amide bonds. The molecular weight excluding hydrogens is 346 g/mol. The van der Waals surface area contributed by atoms with Crippen LogP contribution >= 0.6 is 0 Å². The van der Waals surface area contributed by atoms with Crippen LogP contribution in [-0.2, 0) is 4.79 Å². The van der Waals surface area contributed by atoms with Crippen LogP contribution in [0.25, 0.3) is 0 Å². The summed E-state index contributed by atoms with van der Waals surface area (Å²) in [6, 6.07) is 9.52. The summed E-state index contributed by atoms with van der Waals surface area (Å²) in [5, 5.41) is 0. The maximum Gasteiger partial charge on any atom is 0.224 e. The Morgan fingerprint density at radius 3 is 2.25 bits per heavy atom. The Hall–Kier alpha value is -1.55. The normalized spacial score (nSPS) is 27.8. The second kappa shape index (κ2) is 8.44. The van der Waals surface area contributed by atoms with Gasteiger partial charge < -0.3 is 14.3 Å². The molecule has 2 fully saturated rings. The third-order valence-electron chi connectivity index (χ3n) is 7.55. The van der Waals surface area contributed by atoms with Gasteiger partial charge in [-0.3, -0.25) is 4.79 Å². The standard InChI is InChI=1S/C24H38N3O/c1-20-18-25(23-13-6-7-14-24(23)26(20)21(2)28)19-22-12-8-11-17-27(22)15-9-4-3-5-10-16-27/h6-7,13-14,20,22H,3-5,8-12,15-19H2,1-2H3/q+1. The van der Waals surface area contributed by atoms with Crippen molar-refractivity contribution in [3.05, 3.63) is 24.3 Å². The van der Waals surface area contributed by atoms with E-state index in [-0.39, 0.29) is 11.9 Å². The molecule has 1 aromatic carbocycles. The first-order chi connectivity index (χ1) is 13.6. The van der Waals surface area contributed by atoms with Crippen molar-refractivity contribution in [1.29, 1.82) is 0 Å². The Morgan fingerprint density at radius 2 is 1.57 bits per heavy atom. The maximum atomic E-state index is 12.3. The van der Waals surface area contributed by atoms with Gasteiger partial charge in [-0.05, 0) is 57.6 Å². The maximum absolute atomic E-state index is 12.3. The van der Waals surface area contributed by atoms with Gasteiger partial charge in [0.15, 0.2) is 0 Å². The summed E-state index contributed by atoms with van der Waals surface area (Å²) in [5.74, 6) is 0.157. The van der Waals surface area contributed by atoms with Gasteiger partial charge in [-0.2, -0.15) is 0 Å². The van der Waals surface area contributed by atoms with Gasteiger partial charge in [0.2, 0.25) is 5.91 Å². The van der Waals surface area contributed by atoms with Gasteiger partial charge in [0.25, 0.3) is 0 Å². The summed E-state index contributed by atoms with van der Waals surface area (Å²) in [6.07, 6.45) is 11.2. The molecule has 0 radical (unpaired) electrons. The van der Waals surface area contributed by atoms with E-state index in [1.807, 2.05) is 4.90 Å². The van der Waals surface area contributed by atoms with E-state index in [9.17, 15) is 4.79 Å². The lowest BCUT2D eigenvalue weighted by molar-refractivity contribution is -0.955. The highest BCUT2D eigenvalue weighted by Crippen LogP contribution is 2.38. The van der Waals surface area contributed by atoms with Crippen molar-refractivity contribution < 1.29 is 9.28 Å². The molecule has 4 rings (SSSR count). The van der Waals surface area contributed by atoms with Crippen LogP contribution in [0.5, 0.6) is 0 Å². The molecule has 3 aliphatic rings. The fourth-order valence-electron chi connectivity index (χ4n) is 6.19. The van der Waals surface area contributed by atoms with Crippen molar-refractivity contribution in [2.75, 3.05) is 42.5 Å². The number of anilines is 2. The van der Waals surface area contributed by atoms with Crippen molar-refractivity contribution in [3.8, 4) is 0 Å². The molecule has 154 valence electrons. The van der Waals surface area contributed by atoms with Crippen LogP contribution in [0.4, 0.5) is 11.4 Å². The number of quaternary nitrogens is 1. The number of carbonyl (C=O) groups is 1. The quantitative estimate of drug-likeness (QED) is 0.697. The van der Waals surface area contributed by atoms with Crippen LogP contribution in [0.3, 0.4) is 0 Å². The number of rotatable bonds is 2. The SMILES string of the molecule is CC(=O)N1c2ccccc2N(CC2CCCC[N+]23CCCCCCC3)CC1C. The fraction of sp³-hybridized carbons (Fsp3) is 0.708. The largest absolute Gasteiger partial charge is 0.362 e. The van der Waals surface area contributed by atoms with E-state index in [0.717, 1.165) is 24.8 Å². The second-order valence-electron chi connectivity index (χ2n) is 9.44. The molecule has 0 aromatic heterocycles. The molecule has 4 heteroatoms. The number of fused-ring (bicyclic) bond motifs is 1. The summed E-state index contributed by atoms with van der Waals surface area (Å²) in [6.45, 7) is 10.1. The van der Waals surface area contributed by atoms with Crippen molar-refractivity contribution in [1.82, 2.24) is 0 Å². The fourth-order valence-corrected chi connectivity index (χ4v) is 6.19. The first kappa shape index (κ1) is 19.8. The Morgan fingerprint density at radius 1 is 0.964 bits per heavy atom. The molecule has 3 heterocycles. The van der Waals surface area contributed by atoms with Crippen LogP contribution in [0.15, 0.2) is 24.3 Å². The van der Waals surface area contributed by atoms with E-state index in [0.29, 0.717) is 0 Å². The summed E-state index contributed by atoms with van der Waals surface area (Å²) in [5.41, 5.74) is 2.36. The van der Waals surface area contributed by atoms with E-state index in [4.69, 9.17) is 0 Å². The van der Waals surface area contributed by atoms with Crippen molar-refractivity contribution >= 4 is 17.3 Å². The molecule has 1 aromatic rings. The third-order valence-corrected chi connectivity index (χ3v) is 7.55. The first-order valence-corrected chi connectivity index (χ1v) is 11.6. The van der Waals surface area contributed by atoms with Gasteiger partial charge in [-0.25, -0.2) is 0 Å². The minimum absolute atomic E-state index is 0.157. The van der Waals surface area contributed by atoms with E-state index >= 15 is 0 Å². The predicted octanol–water partition coefficient (Wildman–Crippen LogP) is 4.58. The molecule has 28 heavy (non-hydrogen) atoms. The van der Waals surface area contributed by atoms with Gasteiger partial charge in [0.05, 0.1) is 43.6 Å². The lowest BCUT2D eigenvalue weighted by Gasteiger charge is -2.51. The van der Waals surface area contributed by atoms with Crippen LogP contribution in [0.2, 0.25) is 0 Å². The molecule has 4 nitrogen and oxygen atoms in total. The molecule has 0 saturated carbocycles. The summed E-state index contributed by atoms with van der Waals surface area (Å²) in [7, 11) is 0. The zero-order valence-corrected chi connectivity index (χ0v) is 17.9. The number of piperidine rings is 1. The average Bonchev–Trinajstić information content (AvgIpc) is 2.66. The average molecular weight is 385 g/mol. The van der Waals surface area contributed by atoms with Crippen molar-refractivity contribution in [3.63, 3.8) is 0 Å². The Kier molecular flexibility index (Phi) is 5.96. The topological polar surface area (TPSA) is 23.6 Å². The lowest BCUT2D eigenvalue weighted by atomic mass is 9.93. The van der Waals surface area contributed by atoms with Gasteiger partial charge in [0, 0.05) is 19.9 Å². The highest BCUT2D eigenvalue weighted by atomic mass is 16.2. The smallest absolute Gasteiger partial charge is 0.224 e. The Balaban J connectivity index is 1.59. The molecule has 2 saturated heterocycles. The van der Waals surface area contributed by atoms with Gasteiger partial charge in [-0.15, -0.1) is 0 Å². The molecule has 0 aliphatic carbocycles. The van der Waals surface area contributed by atoms with Crippen LogP contribution in [0.1, 0.15) is 65.2 Å². The van der Waals surface area contributed by atoms with E-state index in [1.54, 1.807) is 6.92 Å². The monoisotopic (exact) mass is 384 g/mol. The van der Waals surface area contributed by atoms with Crippen LogP contribution < -0.4 is 9.80 Å². The van der Waals surface area contributed by atoms with Crippen molar-refractivity contribution in [2.24, 2.45) is 0 Å². The first-order valence-electron chi connectivity index (χ1n) is 11.6. The highest BCUT2D eigenvalue weighted by molar-refractivity contribution is 5.97. The number of nitrogens with zero attached hydrogens (tertiary/aromatic N) is 3. The molecule has 2 atom stereocenters. The van der Waals surface area contributed by atoms with Gasteiger partial charge in [-0.1, -0.05) is 18.6 Å². The predicted molar refractivity (Wildman–Crippen MR) is 117 cm³/mol. The minimum Gasteiger partial charge on any atom is -0.362 e. The Bertz CT molecular complexity index is 680. The zero-order valence-electron chi connectivity index (χ0n) is 17.9. The lowest BCUT2D eigenvalue weighted by Crippen LogP contribution is -2.63. The zero-order chi connectivity index (χ0) is 19.6. The minimum atomic E-state index is 0.157. The number of carbonyl (C=O) groups excluding carboxylic acids is 1. The molecular formula is C24H38N3O+. The van der Waals surface area contributed by atoms with Gasteiger partial charge >= 0.3 is 0 Å². The number of hydrogen-bond donors (Lipinski definition) is 0. The molecule has 3 aliphatic heterocycles. The second-order valence-corrected chi connectivity index (χ2v) is 9.44. The van der Waals surface area contributed by atoms with E-state index < -0.39 is 0 Å². The number of benzene rings is 1. The highest BCUT2D eigenvalue weighted by Gasteiger charge is 2.41. The van der Waals surface area contributed by atoms with E-state index in [1.165, 1.54) is 81.2 Å². The molecule has 0 N–H and O–H groups in total. The van der Waals surface area contributed by atoms with Crippen LogP contribution in [0, 0.1) is 0 Å². The Labute approximate surface area is 171 Å². The summed E-state index contributed by atoms with van der Waals surface area (Å²) >= 11 is 0. The number of para-hydroxylation sites is 2. The third kappa shape index (κ3) is 3.80. The summed E-state index contributed by atoms with van der Waals surface area (Å²) < 4.78 is 1.36. The number of hydrogen-bond acceptors (Lipinski definition) is 2. The molecule has 0 bridgehead atoms. The van der Waals surface area contributed by atoms with Crippen LogP contribution in [-0.4, -0.2) is 55.2 Å². The molecule has 2 unspecified atom stereocenters. The summed E-state index contributed by atoms with van der Waals surface area (Å²) in [4.78, 5) is 16.9. The molecule has 1 spiro atoms. The number of amides is 1. The van der Waals surface area contributed by atoms with Crippen molar-refractivity contribution in [2.45, 2.75) is 77.3 Å².